The maximum atomic E-state index is 13.0. The van der Waals surface area contributed by atoms with Crippen LogP contribution in [0.15, 0.2) is 45.5 Å². The summed E-state index contributed by atoms with van der Waals surface area (Å²) >= 11 is 3.15. The van der Waals surface area contributed by atoms with Crippen molar-refractivity contribution < 1.29 is 18.4 Å². The lowest BCUT2D eigenvalue weighted by atomic mass is 10.3. The number of furan rings is 1. The number of halogens is 2. The van der Waals surface area contributed by atoms with Gasteiger partial charge in [-0.25, -0.2) is 4.39 Å². The van der Waals surface area contributed by atoms with Crippen LogP contribution >= 0.6 is 15.9 Å². The fraction of sp³-hybridized carbons (Fsp3) is 0.143. The number of nitrogens with zero attached hydrogens (tertiary/aromatic N) is 1. The second-order valence-electron chi connectivity index (χ2n) is 4.31. The molecule has 1 aromatic carbocycles. The number of carbonyl (C=O) groups excluding carboxylic acids is 2. The Labute approximate surface area is 128 Å². The Bertz CT molecular complexity index is 658. The molecule has 5 nitrogen and oxygen atoms in total. The van der Waals surface area contributed by atoms with E-state index in [9.17, 15) is 14.0 Å². The van der Waals surface area contributed by atoms with Crippen LogP contribution < -0.4 is 5.32 Å². The highest BCUT2D eigenvalue weighted by atomic mass is 79.9. The molecule has 0 unspecified atom stereocenters. The molecule has 0 saturated heterocycles. The summed E-state index contributed by atoms with van der Waals surface area (Å²) in [6, 6.07) is 7.03. The number of carbonyl (C=O) groups is 2. The third kappa shape index (κ3) is 3.91. The Balaban J connectivity index is 1.96. The van der Waals surface area contributed by atoms with E-state index in [0.29, 0.717) is 10.2 Å². The number of amides is 2. The van der Waals surface area contributed by atoms with E-state index in [1.54, 1.807) is 6.07 Å². The number of hydrogen-bond acceptors (Lipinski definition) is 3. The molecule has 0 aliphatic heterocycles. The summed E-state index contributed by atoms with van der Waals surface area (Å²) in [5, 5.41) is 2.59. The normalized spacial score (nSPS) is 10.2. The van der Waals surface area contributed by atoms with E-state index in [1.165, 1.54) is 42.5 Å². The average molecular weight is 355 g/mol. The van der Waals surface area contributed by atoms with Crippen LogP contribution in [0.3, 0.4) is 0 Å². The second-order valence-corrected chi connectivity index (χ2v) is 5.17. The molecule has 0 bridgehead atoms. The lowest BCUT2D eigenvalue weighted by molar-refractivity contribution is -0.116. The molecule has 0 aliphatic rings. The van der Waals surface area contributed by atoms with Crippen LogP contribution in [-0.2, 0) is 4.79 Å². The first-order valence-corrected chi connectivity index (χ1v) is 6.80. The summed E-state index contributed by atoms with van der Waals surface area (Å²) in [7, 11) is 1.49. The molecule has 0 saturated carbocycles. The van der Waals surface area contributed by atoms with E-state index in [2.05, 4.69) is 21.2 Å². The average Bonchev–Trinajstić information content (AvgIpc) is 2.95. The second kappa shape index (κ2) is 6.53. The molecule has 2 aromatic rings. The Hall–Kier alpha value is -2.15. The van der Waals surface area contributed by atoms with Crippen molar-refractivity contribution in [2.45, 2.75) is 0 Å². The summed E-state index contributed by atoms with van der Waals surface area (Å²) in [6.07, 6.45) is 1.39. The Morgan fingerprint density at radius 2 is 2.14 bits per heavy atom. The molecule has 1 heterocycles. The quantitative estimate of drug-likeness (QED) is 0.918. The molecule has 0 atom stereocenters. The first-order valence-electron chi connectivity index (χ1n) is 6.01. The maximum absolute atomic E-state index is 13.0. The van der Waals surface area contributed by atoms with Crippen LogP contribution in [0.2, 0.25) is 0 Å². The van der Waals surface area contributed by atoms with Gasteiger partial charge in [-0.2, -0.15) is 0 Å². The smallest absolute Gasteiger partial charge is 0.289 e. The molecule has 2 rings (SSSR count). The molecule has 2 amide bonds. The summed E-state index contributed by atoms with van der Waals surface area (Å²) < 4.78 is 18.4. The SMILES string of the molecule is CN(CC(=O)Nc1ccc(F)cc1Br)C(=O)c1ccco1. The zero-order valence-electron chi connectivity index (χ0n) is 11.1. The molecule has 110 valence electrons. The highest BCUT2D eigenvalue weighted by Gasteiger charge is 2.17. The van der Waals surface area contributed by atoms with Gasteiger partial charge in [-0.1, -0.05) is 0 Å². The third-order valence-electron chi connectivity index (χ3n) is 2.66. The molecule has 0 radical (unpaired) electrons. The Kier molecular flexibility index (Phi) is 4.74. The van der Waals surface area contributed by atoms with Crippen molar-refractivity contribution in [1.82, 2.24) is 4.90 Å². The minimum atomic E-state index is -0.412. The molecule has 21 heavy (non-hydrogen) atoms. The standard InChI is InChI=1S/C14H12BrFN2O3/c1-18(14(20)12-3-2-6-21-12)8-13(19)17-11-5-4-9(16)7-10(11)15/h2-7H,8H2,1H3,(H,17,19). The van der Waals surface area contributed by atoms with Gasteiger partial charge in [0.2, 0.25) is 5.91 Å². The number of hydrogen-bond donors (Lipinski definition) is 1. The first kappa shape index (κ1) is 15.2. The van der Waals surface area contributed by atoms with Crippen LogP contribution in [0.5, 0.6) is 0 Å². The first-order chi connectivity index (χ1) is 9.97. The summed E-state index contributed by atoms with van der Waals surface area (Å²) in [5.74, 6) is -1.05. The van der Waals surface area contributed by atoms with Gasteiger partial charge in [0.05, 0.1) is 18.5 Å². The number of rotatable bonds is 4. The zero-order valence-corrected chi connectivity index (χ0v) is 12.7. The highest BCUT2D eigenvalue weighted by molar-refractivity contribution is 9.10. The largest absolute Gasteiger partial charge is 0.459 e. The molecule has 0 spiro atoms. The fourth-order valence-electron chi connectivity index (χ4n) is 1.66. The zero-order chi connectivity index (χ0) is 15.4. The van der Waals surface area contributed by atoms with E-state index in [0.717, 1.165) is 0 Å². The predicted octanol–water partition coefficient (Wildman–Crippen LogP) is 2.89. The fourth-order valence-corrected chi connectivity index (χ4v) is 2.11. The van der Waals surface area contributed by atoms with Crippen molar-refractivity contribution in [3.63, 3.8) is 0 Å². The lowest BCUT2D eigenvalue weighted by Gasteiger charge is -2.15. The van der Waals surface area contributed by atoms with Gasteiger partial charge in [-0.05, 0) is 46.3 Å². The number of likely N-dealkylation sites (N-methyl/N-ethyl adjacent to an activating group) is 1. The summed E-state index contributed by atoms with van der Waals surface area (Å²) in [5.41, 5.74) is 0.431. The van der Waals surface area contributed by atoms with Crippen molar-refractivity contribution in [2.75, 3.05) is 18.9 Å². The van der Waals surface area contributed by atoms with Crippen molar-refractivity contribution in [2.24, 2.45) is 0 Å². The third-order valence-corrected chi connectivity index (χ3v) is 3.32. The number of nitrogens with one attached hydrogen (secondary N) is 1. The number of benzene rings is 1. The number of anilines is 1. The van der Waals surface area contributed by atoms with E-state index < -0.39 is 17.6 Å². The van der Waals surface area contributed by atoms with Crippen LogP contribution in [-0.4, -0.2) is 30.3 Å². The van der Waals surface area contributed by atoms with Gasteiger partial charge < -0.3 is 14.6 Å². The van der Waals surface area contributed by atoms with Crippen LogP contribution in [0.4, 0.5) is 10.1 Å². The minimum absolute atomic E-state index is 0.149. The van der Waals surface area contributed by atoms with E-state index >= 15 is 0 Å². The van der Waals surface area contributed by atoms with E-state index in [1.807, 2.05) is 0 Å². The van der Waals surface area contributed by atoms with Crippen molar-refractivity contribution >= 4 is 33.4 Å². The Morgan fingerprint density at radius 1 is 1.38 bits per heavy atom. The molecular weight excluding hydrogens is 343 g/mol. The van der Waals surface area contributed by atoms with E-state index in [4.69, 9.17) is 4.42 Å². The van der Waals surface area contributed by atoms with Gasteiger partial charge >= 0.3 is 0 Å². The van der Waals surface area contributed by atoms with Crippen molar-refractivity contribution in [3.05, 3.63) is 52.6 Å². The van der Waals surface area contributed by atoms with Gasteiger partial charge in [0.25, 0.3) is 5.91 Å². The lowest BCUT2D eigenvalue weighted by Crippen LogP contribution is -2.34. The molecular formula is C14H12BrFN2O3. The highest BCUT2D eigenvalue weighted by Crippen LogP contribution is 2.22. The van der Waals surface area contributed by atoms with Crippen LogP contribution in [0.1, 0.15) is 10.6 Å². The molecule has 0 fully saturated rings. The monoisotopic (exact) mass is 354 g/mol. The predicted molar refractivity (Wildman–Crippen MR) is 78.4 cm³/mol. The summed E-state index contributed by atoms with van der Waals surface area (Å²) in [6.45, 7) is -0.149. The summed E-state index contributed by atoms with van der Waals surface area (Å²) in [4.78, 5) is 25.0. The molecule has 0 aliphatic carbocycles. The molecule has 7 heteroatoms. The molecule has 1 N–H and O–H groups in total. The molecule has 1 aromatic heterocycles. The van der Waals surface area contributed by atoms with Crippen LogP contribution in [0.25, 0.3) is 0 Å². The topological polar surface area (TPSA) is 62.6 Å². The van der Waals surface area contributed by atoms with Crippen LogP contribution in [0, 0.1) is 5.82 Å². The van der Waals surface area contributed by atoms with Crippen molar-refractivity contribution in [3.8, 4) is 0 Å². The van der Waals surface area contributed by atoms with Crippen molar-refractivity contribution in [1.29, 1.82) is 0 Å². The Morgan fingerprint density at radius 3 is 2.76 bits per heavy atom. The van der Waals surface area contributed by atoms with Gasteiger partial charge in [0, 0.05) is 11.5 Å². The van der Waals surface area contributed by atoms with Gasteiger partial charge in [-0.15, -0.1) is 0 Å². The van der Waals surface area contributed by atoms with E-state index in [-0.39, 0.29) is 12.3 Å². The van der Waals surface area contributed by atoms with Gasteiger partial charge in [-0.3, -0.25) is 9.59 Å². The van der Waals surface area contributed by atoms with Gasteiger partial charge in [0.1, 0.15) is 5.82 Å². The minimum Gasteiger partial charge on any atom is -0.459 e. The van der Waals surface area contributed by atoms with Gasteiger partial charge in [0.15, 0.2) is 5.76 Å². The maximum Gasteiger partial charge on any atom is 0.289 e.